The van der Waals surface area contributed by atoms with Crippen LogP contribution in [0.4, 0.5) is 5.69 Å². The van der Waals surface area contributed by atoms with Crippen molar-refractivity contribution in [2.45, 2.75) is 19.3 Å². The lowest BCUT2D eigenvalue weighted by atomic mass is 9.98. The summed E-state index contributed by atoms with van der Waals surface area (Å²) < 4.78 is 0.928. The van der Waals surface area contributed by atoms with Crippen molar-refractivity contribution in [3.05, 3.63) is 22.4 Å². The molecule has 1 aromatic heterocycles. The normalized spacial score (nSPS) is 21.3. The number of halogens is 1. The molecule has 0 amide bonds. The van der Waals surface area contributed by atoms with Gasteiger partial charge in [-0.2, -0.15) is 0 Å². The molecule has 1 N–H and O–H groups in total. The highest BCUT2D eigenvalue weighted by Gasteiger charge is 2.16. The summed E-state index contributed by atoms with van der Waals surface area (Å²) in [6.07, 6.45) is 1.18. The topological polar surface area (TPSA) is 24.9 Å². The second-order valence-electron chi connectivity index (χ2n) is 3.18. The van der Waals surface area contributed by atoms with Gasteiger partial charge in [0.05, 0.1) is 11.4 Å². The minimum atomic E-state index is 0.582. The van der Waals surface area contributed by atoms with E-state index in [2.05, 4.69) is 39.2 Å². The van der Waals surface area contributed by atoms with Gasteiger partial charge < -0.3 is 5.32 Å². The number of aromatic nitrogens is 1. The third-order valence-corrected chi connectivity index (χ3v) is 2.69. The Morgan fingerprint density at radius 3 is 3.25 bits per heavy atom. The largest absolute Gasteiger partial charge is 0.384 e. The Kier molecular flexibility index (Phi) is 2.05. The molecule has 0 aliphatic carbocycles. The Bertz CT molecular complexity index is 299. The zero-order valence-electron chi connectivity index (χ0n) is 6.97. The van der Waals surface area contributed by atoms with Gasteiger partial charge in [-0.15, -0.1) is 0 Å². The molecule has 0 saturated heterocycles. The maximum absolute atomic E-state index is 4.45. The van der Waals surface area contributed by atoms with Gasteiger partial charge in [-0.25, -0.2) is 4.98 Å². The van der Waals surface area contributed by atoms with Gasteiger partial charge in [-0.3, -0.25) is 0 Å². The van der Waals surface area contributed by atoms with E-state index < -0.39 is 0 Å². The summed E-state index contributed by atoms with van der Waals surface area (Å²) >= 11 is 3.38. The molecular formula is C9H11BrN2. The predicted octanol–water partition coefficient (Wildman–Crippen LogP) is 2.76. The Hall–Kier alpha value is -0.570. The van der Waals surface area contributed by atoms with Crippen LogP contribution < -0.4 is 5.32 Å². The van der Waals surface area contributed by atoms with Crippen LogP contribution in [0, 0.1) is 0 Å². The van der Waals surface area contributed by atoms with Crippen molar-refractivity contribution in [3.63, 3.8) is 0 Å². The molecule has 0 bridgehead atoms. The molecule has 0 fully saturated rings. The summed E-state index contributed by atoms with van der Waals surface area (Å²) in [4.78, 5) is 4.45. The van der Waals surface area contributed by atoms with Gasteiger partial charge in [-0.05, 0) is 34.5 Å². The maximum atomic E-state index is 4.45. The molecule has 2 rings (SSSR count). The second-order valence-corrected chi connectivity index (χ2v) is 4.00. The smallest absolute Gasteiger partial charge is 0.106 e. The van der Waals surface area contributed by atoms with Crippen molar-refractivity contribution >= 4 is 21.6 Å². The molecule has 1 aliphatic heterocycles. The molecule has 1 aromatic rings. The van der Waals surface area contributed by atoms with Crippen LogP contribution in [-0.2, 0) is 0 Å². The monoisotopic (exact) mass is 226 g/mol. The van der Waals surface area contributed by atoms with Crippen molar-refractivity contribution < 1.29 is 0 Å². The lowest BCUT2D eigenvalue weighted by Crippen LogP contribution is -2.16. The molecule has 1 atom stereocenters. The van der Waals surface area contributed by atoms with Crippen LogP contribution in [0.3, 0.4) is 0 Å². The Labute approximate surface area is 80.5 Å². The van der Waals surface area contributed by atoms with Crippen LogP contribution in [0.1, 0.15) is 25.0 Å². The number of hydrogen-bond acceptors (Lipinski definition) is 2. The molecule has 0 aromatic carbocycles. The molecule has 2 heterocycles. The summed E-state index contributed by atoms with van der Waals surface area (Å²) in [5.41, 5.74) is 2.38. The van der Waals surface area contributed by atoms with E-state index in [1.165, 1.54) is 17.8 Å². The average Bonchev–Trinajstić information content (AvgIpc) is 2.07. The highest BCUT2D eigenvalue weighted by Crippen LogP contribution is 2.30. The number of fused-ring (bicyclic) bond motifs is 1. The van der Waals surface area contributed by atoms with Crippen molar-refractivity contribution in [2.24, 2.45) is 0 Å². The van der Waals surface area contributed by atoms with Crippen LogP contribution in [-0.4, -0.2) is 11.5 Å². The fraction of sp³-hybridized carbons (Fsp3) is 0.444. The number of hydrogen-bond donors (Lipinski definition) is 1. The van der Waals surface area contributed by atoms with E-state index in [0.29, 0.717) is 5.92 Å². The molecule has 0 radical (unpaired) electrons. The Morgan fingerprint density at radius 2 is 2.42 bits per heavy atom. The van der Waals surface area contributed by atoms with Crippen LogP contribution >= 0.6 is 15.9 Å². The van der Waals surface area contributed by atoms with Gasteiger partial charge in [0.1, 0.15) is 4.60 Å². The first-order chi connectivity index (χ1) is 5.77. The number of nitrogens with zero attached hydrogens (tertiary/aromatic N) is 1. The van der Waals surface area contributed by atoms with Crippen LogP contribution in [0.2, 0.25) is 0 Å². The summed E-state index contributed by atoms with van der Waals surface area (Å²) in [7, 11) is 0. The zero-order valence-corrected chi connectivity index (χ0v) is 8.56. The number of pyridine rings is 1. The quantitative estimate of drug-likeness (QED) is 0.689. The first-order valence-corrected chi connectivity index (χ1v) is 4.97. The van der Waals surface area contributed by atoms with E-state index in [1.807, 2.05) is 6.07 Å². The van der Waals surface area contributed by atoms with Crippen molar-refractivity contribution in [3.8, 4) is 0 Å². The standard InChI is InChI=1S/C9H11BrN2/c1-6-4-5-11-7-2-3-8(10)12-9(6)7/h2-3,6,11H,4-5H2,1H3/t6-/m0/s1. The summed E-state index contributed by atoms with van der Waals surface area (Å²) in [5.74, 6) is 0.582. The minimum Gasteiger partial charge on any atom is -0.384 e. The van der Waals surface area contributed by atoms with Gasteiger partial charge >= 0.3 is 0 Å². The van der Waals surface area contributed by atoms with Crippen molar-refractivity contribution in [1.29, 1.82) is 0 Å². The highest BCUT2D eigenvalue weighted by molar-refractivity contribution is 9.10. The molecule has 3 heteroatoms. The first kappa shape index (κ1) is 8.05. The molecule has 1 aliphatic rings. The fourth-order valence-electron chi connectivity index (χ4n) is 1.54. The first-order valence-electron chi connectivity index (χ1n) is 4.17. The van der Waals surface area contributed by atoms with E-state index in [4.69, 9.17) is 0 Å². The summed E-state index contributed by atoms with van der Waals surface area (Å²) in [6.45, 7) is 3.29. The molecule has 12 heavy (non-hydrogen) atoms. The average molecular weight is 227 g/mol. The van der Waals surface area contributed by atoms with Crippen LogP contribution in [0.25, 0.3) is 0 Å². The molecule has 64 valence electrons. The van der Waals surface area contributed by atoms with E-state index in [-0.39, 0.29) is 0 Å². The third-order valence-electron chi connectivity index (χ3n) is 2.25. The lowest BCUT2D eigenvalue weighted by Gasteiger charge is -2.22. The molecular weight excluding hydrogens is 216 g/mol. The SMILES string of the molecule is C[C@H]1CCNc2ccc(Br)nc21. The maximum Gasteiger partial charge on any atom is 0.106 e. The van der Waals surface area contributed by atoms with Crippen LogP contribution in [0.5, 0.6) is 0 Å². The van der Waals surface area contributed by atoms with E-state index in [9.17, 15) is 0 Å². The summed E-state index contributed by atoms with van der Waals surface area (Å²) in [6, 6.07) is 4.06. The Balaban J connectivity index is 2.47. The van der Waals surface area contributed by atoms with Crippen molar-refractivity contribution in [1.82, 2.24) is 4.98 Å². The van der Waals surface area contributed by atoms with E-state index >= 15 is 0 Å². The fourth-order valence-corrected chi connectivity index (χ4v) is 1.86. The number of nitrogens with one attached hydrogen (secondary N) is 1. The van der Waals surface area contributed by atoms with Crippen LogP contribution in [0.15, 0.2) is 16.7 Å². The predicted molar refractivity (Wildman–Crippen MR) is 53.5 cm³/mol. The Morgan fingerprint density at radius 1 is 1.58 bits per heavy atom. The van der Waals surface area contributed by atoms with Gasteiger partial charge in [0.25, 0.3) is 0 Å². The number of anilines is 1. The molecule has 2 nitrogen and oxygen atoms in total. The van der Waals surface area contributed by atoms with Gasteiger partial charge in [0.15, 0.2) is 0 Å². The molecule has 0 saturated carbocycles. The highest BCUT2D eigenvalue weighted by atomic mass is 79.9. The molecule has 0 spiro atoms. The van der Waals surface area contributed by atoms with Gasteiger partial charge in [0.2, 0.25) is 0 Å². The van der Waals surface area contributed by atoms with Crippen molar-refractivity contribution in [2.75, 3.05) is 11.9 Å². The number of rotatable bonds is 0. The van der Waals surface area contributed by atoms with Gasteiger partial charge in [-0.1, -0.05) is 6.92 Å². The summed E-state index contributed by atoms with van der Waals surface area (Å²) in [5, 5.41) is 3.34. The van der Waals surface area contributed by atoms with E-state index in [1.54, 1.807) is 0 Å². The van der Waals surface area contributed by atoms with Gasteiger partial charge in [0, 0.05) is 12.5 Å². The second kappa shape index (κ2) is 3.05. The third kappa shape index (κ3) is 1.33. The minimum absolute atomic E-state index is 0.582. The zero-order chi connectivity index (χ0) is 8.55. The molecule has 0 unspecified atom stereocenters. The lowest BCUT2D eigenvalue weighted by molar-refractivity contribution is 0.660. The van der Waals surface area contributed by atoms with E-state index in [0.717, 1.165) is 11.1 Å².